The van der Waals surface area contributed by atoms with E-state index in [4.69, 9.17) is 16.9 Å². The minimum absolute atomic E-state index is 0.00539. The van der Waals surface area contributed by atoms with Crippen molar-refractivity contribution in [3.05, 3.63) is 70.2 Å². The highest BCUT2D eigenvalue weighted by Gasteiger charge is 2.21. The summed E-state index contributed by atoms with van der Waals surface area (Å²) < 4.78 is 0. The summed E-state index contributed by atoms with van der Waals surface area (Å²) in [4.78, 5) is 16.9. The average molecular weight is 354 g/mol. The van der Waals surface area contributed by atoms with Crippen LogP contribution < -0.4 is 0 Å². The fraction of sp³-hybridized carbons (Fsp3) is 0.300. The Balaban J connectivity index is 1.61. The molecule has 3 rings (SSSR count). The van der Waals surface area contributed by atoms with Crippen LogP contribution in [-0.2, 0) is 6.54 Å². The summed E-state index contributed by atoms with van der Waals surface area (Å²) in [5, 5.41) is 9.38. The molecule has 1 heterocycles. The van der Waals surface area contributed by atoms with Crippen LogP contribution in [0.1, 0.15) is 27.9 Å². The van der Waals surface area contributed by atoms with E-state index in [0.717, 1.165) is 32.6 Å². The van der Waals surface area contributed by atoms with Gasteiger partial charge in [0.2, 0.25) is 0 Å². The fourth-order valence-corrected chi connectivity index (χ4v) is 3.30. The first kappa shape index (κ1) is 17.5. The van der Waals surface area contributed by atoms with Crippen LogP contribution in [-0.4, -0.2) is 41.9 Å². The monoisotopic (exact) mass is 353 g/mol. The summed E-state index contributed by atoms with van der Waals surface area (Å²) in [6, 6.07) is 17.0. The quantitative estimate of drug-likeness (QED) is 0.847. The first-order chi connectivity index (χ1) is 12.2. The number of hydrogen-bond acceptors (Lipinski definition) is 3. The van der Waals surface area contributed by atoms with Gasteiger partial charge in [-0.05, 0) is 36.2 Å². The van der Waals surface area contributed by atoms with Crippen LogP contribution in [0.4, 0.5) is 0 Å². The lowest BCUT2D eigenvalue weighted by Crippen LogP contribution is -2.35. The molecule has 0 bridgehead atoms. The summed E-state index contributed by atoms with van der Waals surface area (Å²) in [6.45, 7) is 4.05. The van der Waals surface area contributed by atoms with Gasteiger partial charge >= 0.3 is 0 Å². The second-order valence-corrected chi connectivity index (χ2v) is 6.62. The minimum atomic E-state index is 0.00539. The number of halogens is 1. The van der Waals surface area contributed by atoms with E-state index in [1.54, 1.807) is 12.1 Å². The van der Waals surface area contributed by atoms with Crippen LogP contribution >= 0.6 is 11.6 Å². The van der Waals surface area contributed by atoms with Crippen molar-refractivity contribution in [1.82, 2.24) is 9.80 Å². The van der Waals surface area contributed by atoms with Crippen LogP contribution in [0.25, 0.3) is 0 Å². The smallest absolute Gasteiger partial charge is 0.255 e. The van der Waals surface area contributed by atoms with Crippen molar-refractivity contribution in [2.45, 2.75) is 13.0 Å². The maximum atomic E-state index is 12.7. The summed E-state index contributed by atoms with van der Waals surface area (Å²) in [6.07, 6.45) is 0.937. The van der Waals surface area contributed by atoms with Gasteiger partial charge in [-0.1, -0.05) is 35.9 Å². The summed E-state index contributed by atoms with van der Waals surface area (Å²) in [5.41, 5.74) is 2.44. The van der Waals surface area contributed by atoms with Gasteiger partial charge in [0.1, 0.15) is 0 Å². The Labute approximate surface area is 153 Å². The number of amides is 1. The van der Waals surface area contributed by atoms with Crippen LogP contribution in [0.5, 0.6) is 0 Å². The van der Waals surface area contributed by atoms with E-state index in [1.807, 2.05) is 41.3 Å². The maximum absolute atomic E-state index is 12.7. The molecule has 4 nitrogen and oxygen atoms in total. The van der Waals surface area contributed by atoms with E-state index in [1.165, 1.54) is 5.56 Å². The highest BCUT2D eigenvalue weighted by atomic mass is 35.5. The molecule has 1 fully saturated rings. The van der Waals surface area contributed by atoms with Crippen molar-refractivity contribution in [2.24, 2.45) is 0 Å². The van der Waals surface area contributed by atoms with E-state index in [-0.39, 0.29) is 5.91 Å². The standard InChI is InChI=1S/C20H20ClN3O/c21-19-5-2-1-4-18(19)20(25)24-11-3-10-23(12-13-24)15-17-8-6-16(14-22)7-9-17/h1-2,4-9H,3,10-13,15H2. The Hall–Kier alpha value is -2.35. The molecule has 1 aliphatic heterocycles. The Morgan fingerprint density at radius 3 is 2.52 bits per heavy atom. The van der Waals surface area contributed by atoms with Crippen LogP contribution in [0.2, 0.25) is 5.02 Å². The first-order valence-electron chi connectivity index (χ1n) is 8.42. The number of nitriles is 1. The van der Waals surface area contributed by atoms with Gasteiger partial charge < -0.3 is 4.90 Å². The molecule has 1 aliphatic rings. The Kier molecular flexibility index (Phi) is 5.70. The molecular formula is C20H20ClN3O. The SMILES string of the molecule is N#Cc1ccc(CN2CCCN(C(=O)c3ccccc3Cl)CC2)cc1. The molecule has 2 aromatic carbocycles. The molecule has 1 amide bonds. The highest BCUT2D eigenvalue weighted by Crippen LogP contribution is 2.18. The molecule has 0 unspecified atom stereocenters. The Morgan fingerprint density at radius 2 is 1.80 bits per heavy atom. The number of benzene rings is 2. The van der Waals surface area contributed by atoms with Crippen molar-refractivity contribution in [3.63, 3.8) is 0 Å². The van der Waals surface area contributed by atoms with Crippen LogP contribution in [0, 0.1) is 11.3 Å². The molecular weight excluding hydrogens is 334 g/mol. The van der Waals surface area contributed by atoms with E-state index in [2.05, 4.69) is 11.0 Å². The number of rotatable bonds is 3. The van der Waals surface area contributed by atoms with Gasteiger partial charge in [-0.2, -0.15) is 5.26 Å². The van der Waals surface area contributed by atoms with Gasteiger partial charge in [0.25, 0.3) is 5.91 Å². The maximum Gasteiger partial charge on any atom is 0.255 e. The van der Waals surface area contributed by atoms with Gasteiger partial charge in [-0.3, -0.25) is 9.69 Å². The fourth-order valence-electron chi connectivity index (χ4n) is 3.08. The third kappa shape index (κ3) is 4.39. The van der Waals surface area contributed by atoms with Crippen LogP contribution in [0.15, 0.2) is 48.5 Å². The topological polar surface area (TPSA) is 47.3 Å². The number of carbonyl (C=O) groups excluding carboxylic acids is 1. The lowest BCUT2D eigenvalue weighted by atomic mass is 10.1. The normalized spacial score (nSPS) is 15.4. The predicted molar refractivity (Wildman–Crippen MR) is 98.4 cm³/mol. The van der Waals surface area contributed by atoms with Gasteiger partial charge in [-0.25, -0.2) is 0 Å². The van der Waals surface area contributed by atoms with Crippen molar-refractivity contribution in [3.8, 4) is 6.07 Å². The largest absolute Gasteiger partial charge is 0.337 e. The van der Waals surface area contributed by atoms with E-state index in [0.29, 0.717) is 22.7 Å². The predicted octanol–water partition coefficient (Wildman–Crippen LogP) is 3.56. The molecule has 0 atom stereocenters. The minimum Gasteiger partial charge on any atom is -0.337 e. The summed E-state index contributed by atoms with van der Waals surface area (Å²) in [5.74, 6) is 0.00539. The molecule has 0 N–H and O–H groups in total. The third-order valence-corrected chi connectivity index (χ3v) is 4.80. The third-order valence-electron chi connectivity index (χ3n) is 4.47. The van der Waals surface area contributed by atoms with Crippen molar-refractivity contribution < 1.29 is 4.79 Å². The molecule has 0 saturated carbocycles. The van der Waals surface area contributed by atoms with Crippen molar-refractivity contribution in [2.75, 3.05) is 26.2 Å². The molecule has 2 aromatic rings. The molecule has 0 aliphatic carbocycles. The summed E-state index contributed by atoms with van der Waals surface area (Å²) in [7, 11) is 0. The van der Waals surface area contributed by atoms with Crippen molar-refractivity contribution >= 4 is 17.5 Å². The molecule has 0 spiro atoms. The van der Waals surface area contributed by atoms with Gasteiger partial charge in [0.05, 0.1) is 22.2 Å². The molecule has 1 saturated heterocycles. The zero-order valence-electron chi connectivity index (χ0n) is 14.0. The van der Waals surface area contributed by atoms with E-state index in [9.17, 15) is 4.79 Å². The lowest BCUT2D eigenvalue weighted by molar-refractivity contribution is 0.0761. The zero-order chi connectivity index (χ0) is 17.6. The second kappa shape index (κ2) is 8.15. The number of hydrogen-bond donors (Lipinski definition) is 0. The molecule has 0 radical (unpaired) electrons. The highest BCUT2D eigenvalue weighted by molar-refractivity contribution is 6.33. The Bertz CT molecular complexity index is 782. The average Bonchev–Trinajstić information content (AvgIpc) is 2.88. The zero-order valence-corrected chi connectivity index (χ0v) is 14.7. The van der Waals surface area contributed by atoms with Gasteiger partial charge in [0, 0.05) is 32.7 Å². The number of carbonyl (C=O) groups is 1. The number of nitrogens with zero attached hydrogens (tertiary/aromatic N) is 3. The summed E-state index contributed by atoms with van der Waals surface area (Å²) >= 11 is 6.16. The van der Waals surface area contributed by atoms with Gasteiger partial charge in [-0.15, -0.1) is 0 Å². The Morgan fingerprint density at radius 1 is 1.04 bits per heavy atom. The van der Waals surface area contributed by atoms with Crippen molar-refractivity contribution in [1.29, 1.82) is 5.26 Å². The van der Waals surface area contributed by atoms with E-state index < -0.39 is 0 Å². The molecule has 25 heavy (non-hydrogen) atoms. The first-order valence-corrected chi connectivity index (χ1v) is 8.80. The molecule has 128 valence electrons. The molecule has 5 heteroatoms. The molecule has 0 aromatic heterocycles. The van der Waals surface area contributed by atoms with Crippen LogP contribution in [0.3, 0.4) is 0 Å². The second-order valence-electron chi connectivity index (χ2n) is 6.21. The van der Waals surface area contributed by atoms with E-state index >= 15 is 0 Å². The lowest BCUT2D eigenvalue weighted by Gasteiger charge is -2.22. The van der Waals surface area contributed by atoms with Gasteiger partial charge in [0.15, 0.2) is 0 Å².